The number of aryl methyl sites for hydroxylation is 1. The fourth-order valence-electron chi connectivity index (χ4n) is 1.37. The summed E-state index contributed by atoms with van der Waals surface area (Å²) >= 11 is 0. The molecule has 0 aliphatic rings. The second-order valence-corrected chi connectivity index (χ2v) is 3.50. The van der Waals surface area contributed by atoms with Crippen LogP contribution in [0.25, 0.3) is 0 Å². The first-order valence-electron chi connectivity index (χ1n) is 5.27. The summed E-state index contributed by atoms with van der Waals surface area (Å²) < 4.78 is 2.08. The quantitative estimate of drug-likeness (QED) is 0.583. The van der Waals surface area contributed by atoms with E-state index in [2.05, 4.69) is 21.8 Å². The number of imidazole rings is 1. The molecule has 5 nitrogen and oxygen atoms in total. The second kappa shape index (κ2) is 6.55. The largest absolute Gasteiger partial charge is 0.394 e. The number of hydrogen-bond donors (Lipinski definition) is 3. The molecule has 1 atom stereocenters. The van der Waals surface area contributed by atoms with Crippen LogP contribution >= 0.6 is 0 Å². The highest BCUT2D eigenvalue weighted by Gasteiger charge is 2.04. The third-order valence-corrected chi connectivity index (χ3v) is 2.14. The molecule has 86 valence electrons. The Morgan fingerprint density at radius 2 is 2.40 bits per heavy atom. The van der Waals surface area contributed by atoms with Crippen molar-refractivity contribution in [1.82, 2.24) is 14.9 Å². The standard InChI is InChI=1S/C10H19N3O2/c1-2-4-13-5-3-12-10(13)7-11-6-9(15)8-14/h3,5,9,11,14-15H,2,4,6-8H2,1H3. The van der Waals surface area contributed by atoms with Crippen LogP contribution in [0.1, 0.15) is 19.2 Å². The predicted molar refractivity (Wildman–Crippen MR) is 57.3 cm³/mol. The molecule has 3 N–H and O–H groups in total. The normalized spacial score (nSPS) is 13.0. The first kappa shape index (κ1) is 12.2. The monoisotopic (exact) mass is 213 g/mol. The summed E-state index contributed by atoms with van der Waals surface area (Å²) in [7, 11) is 0. The number of aromatic nitrogens is 2. The molecule has 1 aromatic rings. The summed E-state index contributed by atoms with van der Waals surface area (Å²) in [4.78, 5) is 4.21. The smallest absolute Gasteiger partial charge is 0.122 e. The summed E-state index contributed by atoms with van der Waals surface area (Å²) in [5.41, 5.74) is 0. The Balaban J connectivity index is 2.33. The number of nitrogens with one attached hydrogen (secondary N) is 1. The maximum absolute atomic E-state index is 9.12. The Morgan fingerprint density at radius 3 is 3.07 bits per heavy atom. The Morgan fingerprint density at radius 1 is 1.60 bits per heavy atom. The summed E-state index contributed by atoms with van der Waals surface area (Å²) in [5.74, 6) is 0.960. The lowest BCUT2D eigenvalue weighted by atomic mass is 10.4. The minimum atomic E-state index is -0.695. The molecule has 0 aliphatic heterocycles. The lowest BCUT2D eigenvalue weighted by molar-refractivity contribution is 0.0940. The maximum Gasteiger partial charge on any atom is 0.122 e. The molecule has 1 unspecified atom stereocenters. The van der Waals surface area contributed by atoms with Gasteiger partial charge in [0.15, 0.2) is 0 Å². The van der Waals surface area contributed by atoms with Crippen molar-refractivity contribution in [2.75, 3.05) is 13.2 Å². The predicted octanol–water partition coefficient (Wildman–Crippen LogP) is -0.264. The third-order valence-electron chi connectivity index (χ3n) is 2.14. The highest BCUT2D eigenvalue weighted by atomic mass is 16.3. The molecule has 0 saturated heterocycles. The Kier molecular flexibility index (Phi) is 5.31. The molecule has 1 aromatic heterocycles. The van der Waals surface area contributed by atoms with Crippen molar-refractivity contribution in [2.45, 2.75) is 32.5 Å². The number of rotatable bonds is 7. The number of nitrogens with zero attached hydrogens (tertiary/aromatic N) is 2. The molecule has 15 heavy (non-hydrogen) atoms. The van der Waals surface area contributed by atoms with Gasteiger partial charge in [0.2, 0.25) is 0 Å². The SMILES string of the molecule is CCCn1ccnc1CNCC(O)CO. The summed E-state index contributed by atoms with van der Waals surface area (Å²) in [5, 5.41) is 20.8. The van der Waals surface area contributed by atoms with Crippen molar-refractivity contribution >= 4 is 0 Å². The van der Waals surface area contributed by atoms with E-state index < -0.39 is 6.10 Å². The van der Waals surface area contributed by atoms with Crippen molar-refractivity contribution < 1.29 is 10.2 Å². The first-order valence-corrected chi connectivity index (χ1v) is 5.27. The topological polar surface area (TPSA) is 70.3 Å². The highest BCUT2D eigenvalue weighted by molar-refractivity contribution is 4.91. The van der Waals surface area contributed by atoms with Gasteiger partial charge in [-0.15, -0.1) is 0 Å². The van der Waals surface area contributed by atoms with E-state index in [-0.39, 0.29) is 6.61 Å². The van der Waals surface area contributed by atoms with E-state index in [9.17, 15) is 0 Å². The summed E-state index contributed by atoms with van der Waals surface area (Å²) in [6.07, 6.45) is 4.10. The zero-order valence-electron chi connectivity index (χ0n) is 9.06. The van der Waals surface area contributed by atoms with Crippen molar-refractivity contribution in [1.29, 1.82) is 0 Å². The van der Waals surface area contributed by atoms with Gasteiger partial charge < -0.3 is 20.1 Å². The summed E-state index contributed by atoms with van der Waals surface area (Å²) in [6, 6.07) is 0. The van der Waals surface area contributed by atoms with Crippen molar-refractivity contribution in [3.8, 4) is 0 Å². The molecule has 0 fully saturated rings. The molecule has 0 aromatic carbocycles. The number of aliphatic hydroxyl groups excluding tert-OH is 2. The fraction of sp³-hybridized carbons (Fsp3) is 0.700. The molecule has 1 heterocycles. The molecule has 5 heteroatoms. The Hall–Kier alpha value is -0.910. The van der Waals surface area contributed by atoms with Crippen LogP contribution in [-0.2, 0) is 13.1 Å². The molecule has 0 spiro atoms. The Labute approximate surface area is 89.8 Å². The van der Waals surface area contributed by atoms with E-state index >= 15 is 0 Å². The average Bonchev–Trinajstić information content (AvgIpc) is 2.66. The first-order chi connectivity index (χ1) is 7.27. The van der Waals surface area contributed by atoms with Crippen LogP contribution in [0.3, 0.4) is 0 Å². The number of hydrogen-bond acceptors (Lipinski definition) is 4. The minimum absolute atomic E-state index is 0.212. The molecule has 0 bridgehead atoms. The van der Waals surface area contributed by atoms with Crippen LogP contribution in [0.4, 0.5) is 0 Å². The zero-order valence-corrected chi connectivity index (χ0v) is 9.06. The molecular formula is C10H19N3O2. The van der Waals surface area contributed by atoms with Crippen LogP contribution < -0.4 is 5.32 Å². The molecule has 1 rings (SSSR count). The van der Waals surface area contributed by atoms with Crippen molar-refractivity contribution in [3.63, 3.8) is 0 Å². The highest BCUT2D eigenvalue weighted by Crippen LogP contribution is 1.98. The molecular weight excluding hydrogens is 194 g/mol. The number of aliphatic hydroxyl groups is 2. The van der Waals surface area contributed by atoms with E-state index in [1.165, 1.54) is 0 Å². The van der Waals surface area contributed by atoms with Gasteiger partial charge in [-0.2, -0.15) is 0 Å². The van der Waals surface area contributed by atoms with Gasteiger partial charge in [-0.25, -0.2) is 4.98 Å². The van der Waals surface area contributed by atoms with Gasteiger partial charge in [-0.1, -0.05) is 6.92 Å². The molecule has 0 radical (unpaired) electrons. The van der Waals surface area contributed by atoms with Crippen LogP contribution in [-0.4, -0.2) is 39.0 Å². The zero-order chi connectivity index (χ0) is 11.1. The van der Waals surface area contributed by atoms with Gasteiger partial charge in [-0.05, 0) is 6.42 Å². The second-order valence-electron chi connectivity index (χ2n) is 3.50. The van der Waals surface area contributed by atoms with Crippen LogP contribution in [0.15, 0.2) is 12.4 Å². The van der Waals surface area contributed by atoms with E-state index in [1.54, 1.807) is 6.20 Å². The molecule has 0 amide bonds. The van der Waals surface area contributed by atoms with Gasteiger partial charge in [0, 0.05) is 25.5 Å². The maximum atomic E-state index is 9.12. The van der Waals surface area contributed by atoms with Crippen molar-refractivity contribution in [3.05, 3.63) is 18.2 Å². The van der Waals surface area contributed by atoms with E-state index in [1.807, 2.05) is 6.20 Å². The van der Waals surface area contributed by atoms with Gasteiger partial charge >= 0.3 is 0 Å². The average molecular weight is 213 g/mol. The third kappa shape index (κ3) is 3.99. The van der Waals surface area contributed by atoms with E-state index in [0.29, 0.717) is 13.1 Å². The lowest BCUT2D eigenvalue weighted by Gasteiger charge is -2.10. The van der Waals surface area contributed by atoms with Crippen molar-refractivity contribution in [2.24, 2.45) is 0 Å². The summed E-state index contributed by atoms with van der Waals surface area (Å²) in [6.45, 7) is 3.86. The van der Waals surface area contributed by atoms with Gasteiger partial charge in [-0.3, -0.25) is 0 Å². The fourth-order valence-corrected chi connectivity index (χ4v) is 1.37. The lowest BCUT2D eigenvalue weighted by Crippen LogP contribution is -2.29. The van der Waals surface area contributed by atoms with Gasteiger partial charge in [0.05, 0.1) is 19.3 Å². The van der Waals surface area contributed by atoms with Gasteiger partial charge in [0.1, 0.15) is 5.82 Å². The van der Waals surface area contributed by atoms with Crippen LogP contribution in [0, 0.1) is 0 Å². The van der Waals surface area contributed by atoms with Crippen LogP contribution in [0.5, 0.6) is 0 Å². The minimum Gasteiger partial charge on any atom is -0.394 e. The van der Waals surface area contributed by atoms with Gasteiger partial charge in [0.25, 0.3) is 0 Å². The van der Waals surface area contributed by atoms with Crippen LogP contribution in [0.2, 0.25) is 0 Å². The van der Waals surface area contributed by atoms with E-state index in [4.69, 9.17) is 10.2 Å². The molecule has 0 aliphatic carbocycles. The Bertz CT molecular complexity index is 275. The molecule has 0 saturated carbocycles. The van der Waals surface area contributed by atoms with E-state index in [0.717, 1.165) is 18.8 Å².